The number of pyridine rings is 1. The van der Waals surface area contributed by atoms with Crippen LogP contribution in [-0.2, 0) is 11.3 Å². The summed E-state index contributed by atoms with van der Waals surface area (Å²) in [6.07, 6.45) is 7.50. The first kappa shape index (κ1) is 11.9. The second kappa shape index (κ2) is 5.22. The quantitative estimate of drug-likeness (QED) is 0.881. The lowest BCUT2D eigenvalue weighted by atomic mass is 10.3. The van der Waals surface area contributed by atoms with E-state index in [0.29, 0.717) is 13.1 Å². The Hall–Kier alpha value is -2.17. The number of nitrogens with zero attached hydrogens (tertiary/aromatic N) is 3. The van der Waals surface area contributed by atoms with E-state index in [2.05, 4.69) is 15.3 Å². The van der Waals surface area contributed by atoms with Gasteiger partial charge in [-0.3, -0.25) is 9.78 Å². The van der Waals surface area contributed by atoms with Crippen molar-refractivity contribution < 1.29 is 4.79 Å². The minimum absolute atomic E-state index is 0.180. The van der Waals surface area contributed by atoms with Gasteiger partial charge in [0.1, 0.15) is 5.69 Å². The highest BCUT2D eigenvalue weighted by molar-refractivity contribution is 5.80. The summed E-state index contributed by atoms with van der Waals surface area (Å²) in [6, 6.07) is 5.75. The first-order valence-electron chi connectivity index (χ1n) is 6.55. The Morgan fingerprint density at radius 2 is 2.21 bits per heavy atom. The second-order valence-electron chi connectivity index (χ2n) is 4.72. The number of nitrogens with one attached hydrogen (secondary N) is 1. The lowest BCUT2D eigenvalue weighted by Gasteiger charge is -2.08. The van der Waals surface area contributed by atoms with Crippen LogP contribution < -0.4 is 5.32 Å². The summed E-state index contributed by atoms with van der Waals surface area (Å²) in [5.74, 6) is 1.28. The van der Waals surface area contributed by atoms with Crippen molar-refractivity contribution >= 4 is 5.91 Å². The van der Waals surface area contributed by atoms with Crippen LogP contribution in [0.25, 0.3) is 11.5 Å². The van der Waals surface area contributed by atoms with E-state index < -0.39 is 0 Å². The molecule has 0 aliphatic heterocycles. The van der Waals surface area contributed by atoms with Gasteiger partial charge in [-0.25, -0.2) is 4.98 Å². The van der Waals surface area contributed by atoms with Crippen LogP contribution >= 0.6 is 0 Å². The molecule has 1 amide bonds. The molecule has 1 fully saturated rings. The summed E-state index contributed by atoms with van der Waals surface area (Å²) < 4.78 is 2.01. The molecule has 0 bridgehead atoms. The minimum Gasteiger partial charge on any atom is -0.354 e. The predicted octanol–water partition coefficient (Wildman–Crippen LogP) is 1.47. The van der Waals surface area contributed by atoms with Gasteiger partial charge >= 0.3 is 0 Å². The van der Waals surface area contributed by atoms with Crippen LogP contribution in [0.4, 0.5) is 0 Å². The van der Waals surface area contributed by atoms with Gasteiger partial charge < -0.3 is 9.88 Å². The maximum absolute atomic E-state index is 11.5. The van der Waals surface area contributed by atoms with Gasteiger partial charge in [-0.15, -0.1) is 0 Å². The molecular formula is C14H16N4O. The molecule has 3 rings (SSSR count). The highest BCUT2D eigenvalue weighted by atomic mass is 16.2. The third kappa shape index (κ3) is 2.81. The molecule has 1 aliphatic carbocycles. The van der Waals surface area contributed by atoms with Crippen LogP contribution in [0, 0.1) is 5.92 Å². The van der Waals surface area contributed by atoms with Crippen molar-refractivity contribution in [3.63, 3.8) is 0 Å². The van der Waals surface area contributed by atoms with Crippen molar-refractivity contribution in [1.29, 1.82) is 0 Å². The highest BCUT2D eigenvalue weighted by Crippen LogP contribution is 2.28. The molecule has 0 saturated heterocycles. The highest BCUT2D eigenvalue weighted by Gasteiger charge is 2.29. The van der Waals surface area contributed by atoms with E-state index in [-0.39, 0.29) is 11.8 Å². The topological polar surface area (TPSA) is 59.8 Å². The summed E-state index contributed by atoms with van der Waals surface area (Å²) in [5.41, 5.74) is 0.848. The van der Waals surface area contributed by atoms with E-state index in [1.807, 2.05) is 29.0 Å². The first-order valence-corrected chi connectivity index (χ1v) is 6.55. The van der Waals surface area contributed by atoms with Gasteiger partial charge in [-0.2, -0.15) is 0 Å². The zero-order valence-electron chi connectivity index (χ0n) is 10.6. The number of aromatic nitrogens is 3. The molecule has 1 saturated carbocycles. The molecule has 98 valence electrons. The first-order chi connectivity index (χ1) is 9.34. The SMILES string of the molecule is O=C(NCCn1ccnc1-c1ccccn1)C1CC1. The Balaban J connectivity index is 1.62. The van der Waals surface area contributed by atoms with E-state index in [1.165, 1.54) is 0 Å². The molecule has 0 unspecified atom stereocenters. The fourth-order valence-corrected chi connectivity index (χ4v) is 2.01. The maximum atomic E-state index is 11.5. The van der Waals surface area contributed by atoms with Gasteiger partial charge in [0, 0.05) is 37.6 Å². The molecular weight excluding hydrogens is 240 g/mol. The summed E-state index contributed by atoms with van der Waals surface area (Å²) in [4.78, 5) is 20.2. The number of carbonyl (C=O) groups is 1. The van der Waals surface area contributed by atoms with E-state index in [4.69, 9.17) is 0 Å². The van der Waals surface area contributed by atoms with E-state index in [9.17, 15) is 4.79 Å². The number of rotatable bonds is 5. The fraction of sp³-hybridized carbons (Fsp3) is 0.357. The largest absolute Gasteiger partial charge is 0.354 e. The van der Waals surface area contributed by atoms with Crippen LogP contribution in [-0.4, -0.2) is 27.0 Å². The van der Waals surface area contributed by atoms with Crippen molar-refractivity contribution in [2.45, 2.75) is 19.4 Å². The van der Waals surface area contributed by atoms with Crippen molar-refractivity contribution in [2.75, 3.05) is 6.54 Å². The van der Waals surface area contributed by atoms with Crippen LogP contribution in [0.2, 0.25) is 0 Å². The van der Waals surface area contributed by atoms with E-state index >= 15 is 0 Å². The van der Waals surface area contributed by atoms with Gasteiger partial charge in [0.05, 0.1) is 0 Å². The lowest BCUT2D eigenvalue weighted by molar-refractivity contribution is -0.122. The third-order valence-electron chi connectivity index (χ3n) is 3.21. The lowest BCUT2D eigenvalue weighted by Crippen LogP contribution is -2.28. The molecule has 0 spiro atoms. The second-order valence-corrected chi connectivity index (χ2v) is 4.72. The monoisotopic (exact) mass is 256 g/mol. The van der Waals surface area contributed by atoms with Crippen molar-refractivity contribution in [2.24, 2.45) is 5.92 Å². The van der Waals surface area contributed by atoms with Crippen LogP contribution in [0.1, 0.15) is 12.8 Å². The van der Waals surface area contributed by atoms with Crippen LogP contribution in [0.5, 0.6) is 0 Å². The summed E-state index contributed by atoms with van der Waals surface area (Å²) in [5, 5.41) is 2.95. The molecule has 19 heavy (non-hydrogen) atoms. The number of carbonyl (C=O) groups excluding carboxylic acids is 1. The van der Waals surface area contributed by atoms with Crippen LogP contribution in [0.3, 0.4) is 0 Å². The van der Waals surface area contributed by atoms with Gasteiger partial charge in [0.15, 0.2) is 5.82 Å². The molecule has 5 heteroatoms. The molecule has 5 nitrogen and oxygen atoms in total. The zero-order valence-corrected chi connectivity index (χ0v) is 10.6. The molecule has 2 aromatic rings. The summed E-state index contributed by atoms with van der Waals surface area (Å²) >= 11 is 0. The Labute approximate surface area is 111 Å². The Bertz CT molecular complexity index is 560. The third-order valence-corrected chi connectivity index (χ3v) is 3.21. The van der Waals surface area contributed by atoms with E-state index in [0.717, 1.165) is 24.4 Å². The maximum Gasteiger partial charge on any atom is 0.223 e. The Morgan fingerprint density at radius 3 is 2.95 bits per heavy atom. The van der Waals surface area contributed by atoms with Gasteiger partial charge in [0.2, 0.25) is 5.91 Å². The molecule has 0 radical (unpaired) electrons. The van der Waals surface area contributed by atoms with Crippen molar-refractivity contribution in [3.05, 3.63) is 36.8 Å². The minimum atomic E-state index is 0.180. The average Bonchev–Trinajstić information content (AvgIpc) is 3.20. The molecule has 1 aliphatic rings. The molecule has 2 heterocycles. The normalized spacial score (nSPS) is 14.3. The number of hydrogen-bond donors (Lipinski definition) is 1. The number of amides is 1. The van der Waals surface area contributed by atoms with Gasteiger partial charge in [-0.1, -0.05) is 6.07 Å². The van der Waals surface area contributed by atoms with Gasteiger partial charge in [-0.05, 0) is 25.0 Å². The standard InChI is InChI=1S/C14H16N4O/c19-14(11-4-5-11)17-8-10-18-9-7-16-13(18)12-3-1-2-6-15-12/h1-3,6-7,9,11H,4-5,8,10H2,(H,17,19). The van der Waals surface area contributed by atoms with Crippen molar-refractivity contribution in [3.8, 4) is 11.5 Å². The predicted molar refractivity (Wildman–Crippen MR) is 71.2 cm³/mol. The number of hydrogen-bond acceptors (Lipinski definition) is 3. The summed E-state index contributed by atoms with van der Waals surface area (Å²) in [7, 11) is 0. The van der Waals surface area contributed by atoms with E-state index in [1.54, 1.807) is 12.4 Å². The zero-order chi connectivity index (χ0) is 13.1. The molecule has 2 aromatic heterocycles. The summed E-state index contributed by atoms with van der Waals surface area (Å²) in [6.45, 7) is 1.34. The number of imidazole rings is 1. The molecule has 1 N–H and O–H groups in total. The smallest absolute Gasteiger partial charge is 0.223 e. The van der Waals surface area contributed by atoms with Crippen molar-refractivity contribution in [1.82, 2.24) is 19.9 Å². The molecule has 0 aromatic carbocycles. The Kier molecular flexibility index (Phi) is 3.27. The molecule has 0 atom stereocenters. The average molecular weight is 256 g/mol. The van der Waals surface area contributed by atoms with Crippen LogP contribution in [0.15, 0.2) is 36.8 Å². The fourth-order valence-electron chi connectivity index (χ4n) is 2.01. The Morgan fingerprint density at radius 1 is 1.32 bits per heavy atom. The van der Waals surface area contributed by atoms with Gasteiger partial charge in [0.25, 0.3) is 0 Å².